The molecule has 1 N–H and O–H groups in total. The van der Waals surface area contributed by atoms with Crippen LogP contribution < -0.4 is 5.32 Å². The molecule has 0 radical (unpaired) electrons. The van der Waals surface area contributed by atoms with Crippen LogP contribution in [0.2, 0.25) is 0 Å². The van der Waals surface area contributed by atoms with Crippen molar-refractivity contribution >= 4 is 17.4 Å². The van der Waals surface area contributed by atoms with Crippen LogP contribution in [0.5, 0.6) is 0 Å². The van der Waals surface area contributed by atoms with Crippen molar-refractivity contribution in [1.29, 1.82) is 0 Å². The molecule has 0 bridgehead atoms. The first-order chi connectivity index (χ1) is 13.6. The van der Waals surface area contributed by atoms with Crippen LogP contribution in [0.4, 0.5) is 15.9 Å². The van der Waals surface area contributed by atoms with Crippen molar-refractivity contribution in [1.82, 2.24) is 19.9 Å². The maximum atomic E-state index is 13.5. The van der Waals surface area contributed by atoms with E-state index in [4.69, 9.17) is 4.98 Å². The van der Waals surface area contributed by atoms with Crippen LogP contribution in [0.15, 0.2) is 54.9 Å². The van der Waals surface area contributed by atoms with Crippen LogP contribution in [-0.2, 0) is 4.79 Å². The van der Waals surface area contributed by atoms with Crippen molar-refractivity contribution in [2.75, 3.05) is 18.9 Å². The summed E-state index contributed by atoms with van der Waals surface area (Å²) in [4.78, 5) is 27.4. The number of nitrogens with one attached hydrogen (secondary N) is 1. The van der Waals surface area contributed by atoms with Crippen molar-refractivity contribution in [2.45, 2.75) is 18.8 Å². The number of halogens is 1. The van der Waals surface area contributed by atoms with Gasteiger partial charge in [-0.1, -0.05) is 6.07 Å². The van der Waals surface area contributed by atoms with Gasteiger partial charge in [-0.3, -0.25) is 9.78 Å². The zero-order chi connectivity index (χ0) is 19.5. The van der Waals surface area contributed by atoms with Crippen LogP contribution in [0.1, 0.15) is 24.6 Å². The molecule has 1 aliphatic heterocycles. The second-order valence-corrected chi connectivity index (χ2v) is 6.88. The van der Waals surface area contributed by atoms with Gasteiger partial charge in [-0.15, -0.1) is 0 Å². The van der Waals surface area contributed by atoms with E-state index >= 15 is 0 Å². The Hall–Kier alpha value is -3.35. The Labute approximate surface area is 162 Å². The fourth-order valence-corrected chi connectivity index (χ4v) is 3.25. The van der Waals surface area contributed by atoms with E-state index in [-0.39, 0.29) is 17.6 Å². The highest BCUT2D eigenvalue weighted by molar-refractivity contribution is 5.77. The number of benzene rings is 1. The predicted octanol–water partition coefficient (Wildman–Crippen LogP) is 3.76. The topological polar surface area (TPSA) is 71.0 Å². The van der Waals surface area contributed by atoms with Crippen LogP contribution in [-0.4, -0.2) is 39.4 Å². The molecule has 0 spiro atoms. The lowest BCUT2D eigenvalue weighted by Gasteiger charge is -2.28. The molecule has 7 heteroatoms. The van der Waals surface area contributed by atoms with Gasteiger partial charge in [-0.2, -0.15) is 0 Å². The molecule has 142 valence electrons. The number of rotatable bonds is 4. The molecule has 3 heterocycles. The summed E-state index contributed by atoms with van der Waals surface area (Å²) in [5.41, 5.74) is 2.16. The molecular formula is C21H20FN5O. The number of carbonyl (C=O) groups is 1. The third-order valence-electron chi connectivity index (χ3n) is 4.82. The van der Waals surface area contributed by atoms with E-state index in [1.807, 2.05) is 25.2 Å². The summed E-state index contributed by atoms with van der Waals surface area (Å²) in [7, 11) is 1.81. The van der Waals surface area contributed by atoms with Gasteiger partial charge in [-0.25, -0.2) is 14.4 Å². The summed E-state index contributed by atoms with van der Waals surface area (Å²) >= 11 is 0. The lowest BCUT2D eigenvalue weighted by molar-refractivity contribution is -0.132. The van der Waals surface area contributed by atoms with Gasteiger partial charge in [0, 0.05) is 55.6 Å². The highest BCUT2D eigenvalue weighted by Crippen LogP contribution is 2.30. The number of hydrogen-bond donors (Lipinski definition) is 1. The quantitative estimate of drug-likeness (QED) is 0.750. The van der Waals surface area contributed by atoms with E-state index in [1.165, 1.54) is 12.1 Å². The molecule has 0 aliphatic carbocycles. The summed E-state index contributed by atoms with van der Waals surface area (Å²) in [6.07, 6.45) is 4.62. The van der Waals surface area contributed by atoms with E-state index in [0.29, 0.717) is 36.0 Å². The molecule has 28 heavy (non-hydrogen) atoms. The minimum atomic E-state index is -0.326. The molecule has 1 fully saturated rings. The Morgan fingerprint density at radius 1 is 1.18 bits per heavy atom. The van der Waals surface area contributed by atoms with Gasteiger partial charge in [0.1, 0.15) is 17.5 Å². The van der Waals surface area contributed by atoms with Crippen molar-refractivity contribution in [3.8, 4) is 11.3 Å². The van der Waals surface area contributed by atoms with E-state index in [1.54, 1.807) is 29.4 Å². The van der Waals surface area contributed by atoms with Gasteiger partial charge < -0.3 is 10.2 Å². The molecule has 1 aliphatic rings. The normalized spacial score (nSPS) is 16.9. The second kappa shape index (κ2) is 7.72. The molecule has 1 saturated heterocycles. The Morgan fingerprint density at radius 3 is 2.82 bits per heavy atom. The van der Waals surface area contributed by atoms with E-state index in [2.05, 4.69) is 15.3 Å². The van der Waals surface area contributed by atoms with Gasteiger partial charge in [-0.05, 0) is 36.8 Å². The SMILES string of the molecule is CN1CCC(c2nc(Nc3cccc(F)c3)cc(-c3cccnc3)n2)CC1=O. The Balaban J connectivity index is 1.72. The summed E-state index contributed by atoms with van der Waals surface area (Å²) in [6.45, 7) is 0.677. The lowest BCUT2D eigenvalue weighted by atomic mass is 9.95. The molecule has 1 aromatic carbocycles. The zero-order valence-electron chi connectivity index (χ0n) is 15.5. The number of amides is 1. The van der Waals surface area contributed by atoms with Crippen molar-refractivity contribution in [3.05, 3.63) is 66.5 Å². The highest BCUT2D eigenvalue weighted by Gasteiger charge is 2.27. The number of hydrogen-bond acceptors (Lipinski definition) is 5. The predicted molar refractivity (Wildman–Crippen MR) is 105 cm³/mol. The first-order valence-electron chi connectivity index (χ1n) is 9.14. The van der Waals surface area contributed by atoms with Crippen molar-refractivity contribution in [3.63, 3.8) is 0 Å². The van der Waals surface area contributed by atoms with Gasteiger partial charge in [0.15, 0.2) is 0 Å². The van der Waals surface area contributed by atoms with Crippen LogP contribution in [0.3, 0.4) is 0 Å². The largest absolute Gasteiger partial charge is 0.346 e. The lowest BCUT2D eigenvalue weighted by Crippen LogP contribution is -2.35. The molecule has 1 unspecified atom stereocenters. The summed E-state index contributed by atoms with van der Waals surface area (Å²) in [5.74, 6) is 0.884. The molecule has 1 amide bonds. The third-order valence-corrected chi connectivity index (χ3v) is 4.82. The Bertz CT molecular complexity index is 995. The maximum absolute atomic E-state index is 13.5. The van der Waals surface area contributed by atoms with E-state index in [9.17, 15) is 9.18 Å². The van der Waals surface area contributed by atoms with Crippen LogP contribution in [0, 0.1) is 5.82 Å². The van der Waals surface area contributed by atoms with Gasteiger partial charge in [0.05, 0.1) is 5.69 Å². The molecule has 6 nitrogen and oxygen atoms in total. The maximum Gasteiger partial charge on any atom is 0.223 e. The first kappa shape index (κ1) is 18.0. The number of pyridine rings is 1. The molecule has 3 aromatic rings. The summed E-state index contributed by atoms with van der Waals surface area (Å²) in [6, 6.07) is 11.8. The minimum Gasteiger partial charge on any atom is -0.346 e. The first-order valence-corrected chi connectivity index (χ1v) is 9.14. The van der Waals surface area contributed by atoms with Gasteiger partial charge in [0.2, 0.25) is 5.91 Å². The molecule has 2 aromatic heterocycles. The summed E-state index contributed by atoms with van der Waals surface area (Å²) in [5, 5.41) is 3.15. The molecular weight excluding hydrogens is 357 g/mol. The molecule has 0 saturated carbocycles. The number of carbonyl (C=O) groups excluding carboxylic acids is 1. The monoisotopic (exact) mass is 377 g/mol. The molecule has 4 rings (SSSR count). The van der Waals surface area contributed by atoms with E-state index in [0.717, 1.165) is 12.0 Å². The third kappa shape index (κ3) is 3.98. The Morgan fingerprint density at radius 2 is 2.07 bits per heavy atom. The minimum absolute atomic E-state index is 0.0478. The second-order valence-electron chi connectivity index (χ2n) is 6.88. The summed E-state index contributed by atoms with van der Waals surface area (Å²) < 4.78 is 13.5. The van der Waals surface area contributed by atoms with Gasteiger partial charge >= 0.3 is 0 Å². The van der Waals surface area contributed by atoms with E-state index < -0.39 is 0 Å². The number of piperidine rings is 1. The number of aromatic nitrogens is 3. The fraction of sp³-hybridized carbons (Fsp3) is 0.238. The number of likely N-dealkylation sites (tertiary alicyclic amines) is 1. The Kier molecular flexibility index (Phi) is 4.97. The zero-order valence-corrected chi connectivity index (χ0v) is 15.5. The number of anilines is 2. The van der Waals surface area contributed by atoms with Gasteiger partial charge in [0.25, 0.3) is 0 Å². The number of nitrogens with zero attached hydrogens (tertiary/aromatic N) is 4. The standard InChI is InChI=1S/C21H20FN5O/c1-27-9-7-14(10-20(27)28)21-25-18(15-4-3-8-23-13-15)12-19(26-21)24-17-6-2-5-16(22)11-17/h2-6,8,11-14H,7,9-10H2,1H3,(H,24,25,26). The average Bonchev–Trinajstić information content (AvgIpc) is 2.70. The fourth-order valence-electron chi connectivity index (χ4n) is 3.25. The van der Waals surface area contributed by atoms with Crippen LogP contribution in [0.25, 0.3) is 11.3 Å². The smallest absolute Gasteiger partial charge is 0.223 e. The average molecular weight is 377 g/mol. The highest BCUT2D eigenvalue weighted by atomic mass is 19.1. The van der Waals surface area contributed by atoms with Crippen LogP contribution >= 0.6 is 0 Å². The molecule has 1 atom stereocenters. The van der Waals surface area contributed by atoms with Crippen molar-refractivity contribution < 1.29 is 9.18 Å². The van der Waals surface area contributed by atoms with Crippen molar-refractivity contribution in [2.24, 2.45) is 0 Å².